The van der Waals surface area contributed by atoms with Crippen LogP contribution in [0.2, 0.25) is 0 Å². The number of likely N-dealkylation sites (tertiary alicyclic amines) is 1. The Balaban J connectivity index is 2.91. The Morgan fingerprint density at radius 2 is 1.79 bits per heavy atom. The van der Waals surface area contributed by atoms with Crippen LogP contribution in [-0.2, 0) is 24.0 Å². The molecule has 0 saturated carbocycles. The molecule has 1 rings (SSSR count). The zero-order valence-electron chi connectivity index (χ0n) is 19.7. The third kappa shape index (κ3) is 9.85. The maximum Gasteiger partial charge on any atom is 0.326 e. The van der Waals surface area contributed by atoms with Crippen molar-refractivity contribution in [3.8, 4) is 0 Å². The van der Waals surface area contributed by atoms with E-state index in [-0.39, 0.29) is 12.8 Å². The topological polar surface area (TPSA) is 211 Å². The lowest BCUT2D eigenvalue weighted by Gasteiger charge is -2.30. The van der Waals surface area contributed by atoms with Crippen molar-refractivity contribution in [2.24, 2.45) is 17.2 Å². The minimum absolute atomic E-state index is 0.150. The van der Waals surface area contributed by atoms with Crippen molar-refractivity contribution in [3.63, 3.8) is 0 Å². The highest BCUT2D eigenvalue weighted by atomic mass is 32.2. The van der Waals surface area contributed by atoms with Gasteiger partial charge in [0, 0.05) is 13.0 Å². The molecule has 34 heavy (non-hydrogen) atoms. The number of rotatable bonds is 16. The molecule has 1 saturated heterocycles. The van der Waals surface area contributed by atoms with Gasteiger partial charge in [-0.05, 0) is 63.5 Å². The van der Waals surface area contributed by atoms with E-state index in [4.69, 9.17) is 17.2 Å². The van der Waals surface area contributed by atoms with E-state index >= 15 is 0 Å². The van der Waals surface area contributed by atoms with Gasteiger partial charge in [-0.25, -0.2) is 4.79 Å². The third-order valence-corrected chi connectivity index (χ3v) is 6.31. The van der Waals surface area contributed by atoms with Crippen LogP contribution in [0.25, 0.3) is 0 Å². The standard InChI is InChI=1S/C21H38N6O6S/c1-34-12-9-13(23)18(29)25-14(5-2-3-10-22)20(31)27-11-4-6-16(27)19(30)26-15(21(32)33)7-8-17(24)28/h13-16H,2-12,22-23H2,1H3,(H2,24,28)(H,25,29)(H,26,30)(H,32,33). The number of hydrogen-bond donors (Lipinski definition) is 6. The molecule has 194 valence electrons. The predicted molar refractivity (Wildman–Crippen MR) is 129 cm³/mol. The average molecular weight is 503 g/mol. The van der Waals surface area contributed by atoms with Crippen LogP contribution in [0.15, 0.2) is 0 Å². The summed E-state index contributed by atoms with van der Waals surface area (Å²) >= 11 is 1.56. The van der Waals surface area contributed by atoms with Crippen LogP contribution in [0.1, 0.15) is 51.4 Å². The molecule has 0 aromatic carbocycles. The summed E-state index contributed by atoms with van der Waals surface area (Å²) in [6, 6.07) is -3.79. The Hall–Kier alpha value is -2.38. The van der Waals surface area contributed by atoms with Crippen molar-refractivity contribution in [1.29, 1.82) is 0 Å². The summed E-state index contributed by atoms with van der Waals surface area (Å²) in [7, 11) is 0. The number of nitrogens with one attached hydrogen (secondary N) is 2. The van der Waals surface area contributed by atoms with Crippen LogP contribution in [0.5, 0.6) is 0 Å². The van der Waals surface area contributed by atoms with E-state index in [1.54, 1.807) is 11.8 Å². The molecule has 0 aromatic heterocycles. The number of amides is 4. The molecular weight excluding hydrogens is 464 g/mol. The molecule has 0 aliphatic carbocycles. The fourth-order valence-corrected chi connectivity index (χ4v) is 4.21. The second-order valence-corrected chi connectivity index (χ2v) is 9.31. The van der Waals surface area contributed by atoms with Gasteiger partial charge >= 0.3 is 5.97 Å². The highest BCUT2D eigenvalue weighted by molar-refractivity contribution is 7.98. The van der Waals surface area contributed by atoms with E-state index in [0.717, 1.165) is 0 Å². The van der Waals surface area contributed by atoms with Gasteiger partial charge in [0.1, 0.15) is 18.1 Å². The van der Waals surface area contributed by atoms with E-state index < -0.39 is 53.8 Å². The molecule has 1 aliphatic rings. The van der Waals surface area contributed by atoms with Crippen molar-refractivity contribution in [1.82, 2.24) is 15.5 Å². The Kier molecular flexibility index (Phi) is 13.5. The number of carboxylic acid groups (broad SMARTS) is 1. The highest BCUT2D eigenvalue weighted by Gasteiger charge is 2.39. The molecule has 0 aromatic rings. The number of carbonyl (C=O) groups excluding carboxylic acids is 4. The lowest BCUT2D eigenvalue weighted by Crippen LogP contribution is -2.56. The van der Waals surface area contributed by atoms with Crippen LogP contribution in [0.4, 0.5) is 0 Å². The minimum Gasteiger partial charge on any atom is -0.480 e. The molecule has 13 heteroatoms. The SMILES string of the molecule is CSCCC(N)C(=O)NC(CCCCN)C(=O)N1CCCC1C(=O)NC(CCC(N)=O)C(=O)O. The van der Waals surface area contributed by atoms with Gasteiger partial charge in [0.2, 0.25) is 23.6 Å². The lowest BCUT2D eigenvalue weighted by molar-refractivity contribution is -0.145. The third-order valence-electron chi connectivity index (χ3n) is 5.66. The van der Waals surface area contributed by atoms with Gasteiger partial charge < -0.3 is 37.8 Å². The lowest BCUT2D eigenvalue weighted by atomic mass is 10.1. The Bertz CT molecular complexity index is 724. The van der Waals surface area contributed by atoms with E-state index in [0.29, 0.717) is 57.4 Å². The van der Waals surface area contributed by atoms with Gasteiger partial charge in [-0.3, -0.25) is 19.2 Å². The van der Waals surface area contributed by atoms with Gasteiger partial charge in [-0.15, -0.1) is 0 Å². The first-order valence-corrected chi connectivity index (χ1v) is 12.9. The maximum absolute atomic E-state index is 13.3. The molecule has 1 fully saturated rings. The fourth-order valence-electron chi connectivity index (χ4n) is 3.72. The van der Waals surface area contributed by atoms with Crippen molar-refractivity contribution in [3.05, 3.63) is 0 Å². The number of primary amides is 1. The molecule has 1 heterocycles. The second kappa shape index (κ2) is 15.5. The molecule has 0 bridgehead atoms. The summed E-state index contributed by atoms with van der Waals surface area (Å²) in [6.45, 7) is 0.746. The van der Waals surface area contributed by atoms with Crippen molar-refractivity contribution < 1.29 is 29.1 Å². The Morgan fingerprint density at radius 3 is 2.38 bits per heavy atom. The van der Waals surface area contributed by atoms with Crippen molar-refractivity contribution in [2.45, 2.75) is 75.5 Å². The molecule has 4 atom stereocenters. The summed E-state index contributed by atoms with van der Waals surface area (Å²) in [4.78, 5) is 62.6. The van der Waals surface area contributed by atoms with Crippen LogP contribution in [0.3, 0.4) is 0 Å². The second-order valence-electron chi connectivity index (χ2n) is 8.33. The highest BCUT2D eigenvalue weighted by Crippen LogP contribution is 2.20. The largest absolute Gasteiger partial charge is 0.480 e. The first kappa shape index (κ1) is 29.7. The summed E-state index contributed by atoms with van der Waals surface area (Å²) in [5, 5.41) is 14.5. The van der Waals surface area contributed by atoms with E-state index in [9.17, 15) is 29.1 Å². The molecule has 0 radical (unpaired) electrons. The van der Waals surface area contributed by atoms with Crippen LogP contribution < -0.4 is 27.8 Å². The number of hydrogen-bond acceptors (Lipinski definition) is 8. The number of carboxylic acids is 1. The smallest absolute Gasteiger partial charge is 0.326 e. The van der Waals surface area contributed by atoms with Crippen LogP contribution >= 0.6 is 11.8 Å². The van der Waals surface area contributed by atoms with Crippen LogP contribution in [-0.4, -0.2) is 88.9 Å². The number of aliphatic carboxylic acids is 1. The molecule has 9 N–H and O–H groups in total. The number of unbranched alkanes of at least 4 members (excludes halogenated alkanes) is 1. The first-order valence-electron chi connectivity index (χ1n) is 11.5. The van der Waals surface area contributed by atoms with E-state index in [1.165, 1.54) is 4.90 Å². The fraction of sp³-hybridized carbons (Fsp3) is 0.762. The summed E-state index contributed by atoms with van der Waals surface area (Å²) < 4.78 is 0. The van der Waals surface area contributed by atoms with Gasteiger partial charge in [-0.2, -0.15) is 11.8 Å². The predicted octanol–water partition coefficient (Wildman–Crippen LogP) is -1.49. The first-order chi connectivity index (χ1) is 16.1. The van der Waals surface area contributed by atoms with Gasteiger partial charge in [0.05, 0.1) is 6.04 Å². The number of nitrogens with two attached hydrogens (primary N) is 3. The molecule has 12 nitrogen and oxygen atoms in total. The molecule has 1 aliphatic heterocycles. The maximum atomic E-state index is 13.3. The normalized spacial score (nSPS) is 18.1. The van der Waals surface area contributed by atoms with Gasteiger partial charge in [0.15, 0.2) is 0 Å². The monoisotopic (exact) mass is 502 g/mol. The minimum atomic E-state index is -1.30. The Labute approximate surface area is 204 Å². The van der Waals surface area contributed by atoms with Crippen molar-refractivity contribution in [2.75, 3.05) is 25.1 Å². The summed E-state index contributed by atoms with van der Waals surface area (Å²) in [5.41, 5.74) is 16.6. The molecule has 0 spiro atoms. The summed E-state index contributed by atoms with van der Waals surface area (Å²) in [6.07, 6.45) is 4.56. The van der Waals surface area contributed by atoms with Crippen molar-refractivity contribution >= 4 is 41.4 Å². The molecular formula is C21H38N6O6S. The number of thioether (sulfide) groups is 1. The molecule has 4 unspecified atom stereocenters. The zero-order chi connectivity index (χ0) is 25.7. The van der Waals surface area contributed by atoms with Gasteiger partial charge in [-0.1, -0.05) is 0 Å². The zero-order valence-corrected chi connectivity index (χ0v) is 20.5. The van der Waals surface area contributed by atoms with Crippen LogP contribution in [0, 0.1) is 0 Å². The summed E-state index contributed by atoms with van der Waals surface area (Å²) in [5.74, 6) is -2.73. The quantitative estimate of drug-likeness (QED) is 0.135. The van der Waals surface area contributed by atoms with Gasteiger partial charge in [0.25, 0.3) is 0 Å². The average Bonchev–Trinajstić information content (AvgIpc) is 3.28. The Morgan fingerprint density at radius 1 is 1.09 bits per heavy atom. The van der Waals surface area contributed by atoms with E-state index in [1.807, 2.05) is 6.26 Å². The number of nitrogens with zero attached hydrogens (tertiary/aromatic N) is 1. The number of carbonyl (C=O) groups is 5. The van der Waals surface area contributed by atoms with E-state index in [2.05, 4.69) is 10.6 Å². The molecule has 4 amide bonds.